The van der Waals surface area contributed by atoms with E-state index in [1.54, 1.807) is 30.7 Å². The SMILES string of the molecule is O=C(NCCc1cccnc1)c1ccc[nH]1. The molecule has 82 valence electrons. The Labute approximate surface area is 93.7 Å². The first-order valence-electron chi connectivity index (χ1n) is 5.17. The number of H-pyrrole nitrogens is 1. The highest BCUT2D eigenvalue weighted by molar-refractivity contribution is 5.92. The number of aromatic nitrogens is 2. The second-order valence-electron chi connectivity index (χ2n) is 3.45. The Morgan fingerprint density at radius 3 is 3.00 bits per heavy atom. The summed E-state index contributed by atoms with van der Waals surface area (Å²) in [5, 5.41) is 2.84. The van der Waals surface area contributed by atoms with Gasteiger partial charge in [0.15, 0.2) is 0 Å². The molecule has 0 aliphatic rings. The van der Waals surface area contributed by atoms with Gasteiger partial charge >= 0.3 is 0 Å². The maximum absolute atomic E-state index is 11.5. The van der Waals surface area contributed by atoms with Crippen LogP contribution in [-0.4, -0.2) is 22.4 Å². The monoisotopic (exact) mass is 215 g/mol. The van der Waals surface area contributed by atoms with Gasteiger partial charge in [0.2, 0.25) is 0 Å². The van der Waals surface area contributed by atoms with Gasteiger partial charge in [0.1, 0.15) is 5.69 Å². The molecule has 0 aliphatic carbocycles. The average molecular weight is 215 g/mol. The summed E-state index contributed by atoms with van der Waals surface area (Å²) in [4.78, 5) is 18.4. The van der Waals surface area contributed by atoms with E-state index in [0.29, 0.717) is 12.2 Å². The summed E-state index contributed by atoms with van der Waals surface area (Å²) in [7, 11) is 0. The zero-order valence-corrected chi connectivity index (χ0v) is 8.81. The zero-order valence-electron chi connectivity index (χ0n) is 8.81. The standard InChI is InChI=1S/C12H13N3O/c16-12(11-4-2-7-14-11)15-8-5-10-3-1-6-13-9-10/h1-4,6-7,9,14H,5,8H2,(H,15,16). The highest BCUT2D eigenvalue weighted by atomic mass is 16.1. The molecule has 16 heavy (non-hydrogen) atoms. The summed E-state index contributed by atoms with van der Waals surface area (Å²) >= 11 is 0. The van der Waals surface area contributed by atoms with E-state index < -0.39 is 0 Å². The van der Waals surface area contributed by atoms with Gasteiger partial charge in [-0.3, -0.25) is 9.78 Å². The van der Waals surface area contributed by atoms with E-state index in [-0.39, 0.29) is 5.91 Å². The average Bonchev–Trinajstić information content (AvgIpc) is 2.84. The van der Waals surface area contributed by atoms with Crippen LogP contribution < -0.4 is 5.32 Å². The van der Waals surface area contributed by atoms with Crippen molar-refractivity contribution in [3.8, 4) is 0 Å². The van der Waals surface area contributed by atoms with Crippen molar-refractivity contribution in [1.82, 2.24) is 15.3 Å². The van der Waals surface area contributed by atoms with Crippen molar-refractivity contribution in [1.29, 1.82) is 0 Å². The topological polar surface area (TPSA) is 57.8 Å². The molecule has 0 aliphatic heterocycles. The minimum Gasteiger partial charge on any atom is -0.357 e. The second kappa shape index (κ2) is 5.11. The lowest BCUT2D eigenvalue weighted by molar-refractivity contribution is 0.0950. The number of hydrogen-bond acceptors (Lipinski definition) is 2. The zero-order chi connectivity index (χ0) is 11.2. The molecule has 0 atom stereocenters. The summed E-state index contributed by atoms with van der Waals surface area (Å²) < 4.78 is 0. The molecule has 0 unspecified atom stereocenters. The Hall–Kier alpha value is -2.10. The van der Waals surface area contributed by atoms with Crippen LogP contribution in [-0.2, 0) is 6.42 Å². The molecular formula is C12H13N3O. The molecule has 2 rings (SSSR count). The molecule has 0 aromatic carbocycles. The number of amides is 1. The van der Waals surface area contributed by atoms with E-state index in [1.165, 1.54) is 0 Å². The van der Waals surface area contributed by atoms with Gasteiger partial charge in [0.25, 0.3) is 5.91 Å². The van der Waals surface area contributed by atoms with Crippen molar-refractivity contribution in [2.24, 2.45) is 0 Å². The first-order chi connectivity index (χ1) is 7.86. The van der Waals surface area contributed by atoms with Crippen molar-refractivity contribution in [3.63, 3.8) is 0 Å². The maximum Gasteiger partial charge on any atom is 0.267 e. The summed E-state index contributed by atoms with van der Waals surface area (Å²) in [5.41, 5.74) is 1.71. The van der Waals surface area contributed by atoms with E-state index in [0.717, 1.165) is 12.0 Å². The third-order valence-corrected chi connectivity index (χ3v) is 2.26. The van der Waals surface area contributed by atoms with E-state index in [9.17, 15) is 4.79 Å². The quantitative estimate of drug-likeness (QED) is 0.809. The number of nitrogens with one attached hydrogen (secondary N) is 2. The largest absolute Gasteiger partial charge is 0.357 e. The van der Waals surface area contributed by atoms with Gasteiger partial charge in [-0.25, -0.2) is 0 Å². The number of nitrogens with zero attached hydrogens (tertiary/aromatic N) is 1. The normalized spacial score (nSPS) is 10.0. The van der Waals surface area contributed by atoms with Gasteiger partial charge in [-0.2, -0.15) is 0 Å². The molecule has 2 aromatic rings. The predicted molar refractivity (Wildman–Crippen MR) is 61.1 cm³/mol. The lowest BCUT2D eigenvalue weighted by Crippen LogP contribution is -2.25. The number of pyridine rings is 1. The van der Waals surface area contributed by atoms with Gasteiger partial charge in [-0.05, 0) is 30.2 Å². The minimum atomic E-state index is -0.0751. The van der Waals surface area contributed by atoms with Crippen molar-refractivity contribution >= 4 is 5.91 Å². The fraction of sp³-hybridized carbons (Fsp3) is 0.167. The number of carbonyl (C=O) groups excluding carboxylic acids is 1. The number of aromatic amines is 1. The van der Waals surface area contributed by atoms with Crippen LogP contribution in [0.1, 0.15) is 16.1 Å². The molecule has 2 heterocycles. The Kier molecular flexibility index (Phi) is 3.33. The van der Waals surface area contributed by atoms with Gasteiger partial charge < -0.3 is 10.3 Å². The Morgan fingerprint density at radius 2 is 2.31 bits per heavy atom. The van der Waals surface area contributed by atoms with Crippen LogP contribution in [0.4, 0.5) is 0 Å². The highest BCUT2D eigenvalue weighted by Crippen LogP contribution is 1.97. The molecule has 4 nitrogen and oxygen atoms in total. The molecule has 0 saturated carbocycles. The molecule has 1 amide bonds. The van der Waals surface area contributed by atoms with Gasteiger partial charge in [0.05, 0.1) is 0 Å². The van der Waals surface area contributed by atoms with E-state index >= 15 is 0 Å². The summed E-state index contributed by atoms with van der Waals surface area (Å²) in [5.74, 6) is -0.0751. The molecule has 4 heteroatoms. The van der Waals surface area contributed by atoms with E-state index in [2.05, 4.69) is 15.3 Å². The van der Waals surface area contributed by atoms with Gasteiger partial charge in [-0.15, -0.1) is 0 Å². The predicted octanol–water partition coefficient (Wildman–Crippen LogP) is 1.38. The van der Waals surface area contributed by atoms with Crippen LogP contribution in [0.25, 0.3) is 0 Å². The Bertz CT molecular complexity index is 437. The summed E-state index contributed by atoms with van der Waals surface area (Å²) in [6.07, 6.45) is 6.07. The third-order valence-electron chi connectivity index (χ3n) is 2.26. The maximum atomic E-state index is 11.5. The van der Waals surface area contributed by atoms with Crippen LogP contribution >= 0.6 is 0 Å². The van der Waals surface area contributed by atoms with Crippen molar-refractivity contribution in [2.45, 2.75) is 6.42 Å². The van der Waals surface area contributed by atoms with Crippen LogP contribution in [0.5, 0.6) is 0 Å². The fourth-order valence-electron chi connectivity index (χ4n) is 1.43. The molecule has 0 saturated heterocycles. The molecule has 2 N–H and O–H groups in total. The fourth-order valence-corrected chi connectivity index (χ4v) is 1.43. The van der Waals surface area contributed by atoms with Crippen LogP contribution in [0.2, 0.25) is 0 Å². The lowest BCUT2D eigenvalue weighted by Gasteiger charge is -2.03. The van der Waals surface area contributed by atoms with E-state index in [1.807, 2.05) is 12.1 Å². The first kappa shape index (κ1) is 10.4. The molecule has 2 aromatic heterocycles. The second-order valence-corrected chi connectivity index (χ2v) is 3.45. The van der Waals surface area contributed by atoms with Crippen LogP contribution in [0, 0.1) is 0 Å². The van der Waals surface area contributed by atoms with Crippen molar-refractivity contribution in [3.05, 3.63) is 54.1 Å². The van der Waals surface area contributed by atoms with Crippen molar-refractivity contribution in [2.75, 3.05) is 6.54 Å². The Balaban J connectivity index is 1.79. The van der Waals surface area contributed by atoms with Crippen molar-refractivity contribution < 1.29 is 4.79 Å². The summed E-state index contributed by atoms with van der Waals surface area (Å²) in [6.45, 7) is 0.615. The lowest BCUT2D eigenvalue weighted by atomic mass is 10.2. The number of rotatable bonds is 4. The molecule has 0 spiro atoms. The first-order valence-corrected chi connectivity index (χ1v) is 5.17. The third kappa shape index (κ3) is 2.70. The van der Waals surface area contributed by atoms with Crippen LogP contribution in [0.15, 0.2) is 42.9 Å². The molecule has 0 bridgehead atoms. The van der Waals surface area contributed by atoms with Crippen LogP contribution in [0.3, 0.4) is 0 Å². The minimum absolute atomic E-state index is 0.0751. The molecular weight excluding hydrogens is 202 g/mol. The molecule has 0 radical (unpaired) electrons. The van der Waals surface area contributed by atoms with E-state index in [4.69, 9.17) is 0 Å². The smallest absolute Gasteiger partial charge is 0.267 e. The van der Waals surface area contributed by atoms with Gasteiger partial charge in [-0.1, -0.05) is 6.07 Å². The molecule has 0 fully saturated rings. The summed E-state index contributed by atoms with van der Waals surface area (Å²) in [6, 6.07) is 7.44. The Morgan fingerprint density at radius 1 is 1.38 bits per heavy atom. The van der Waals surface area contributed by atoms with Gasteiger partial charge in [0, 0.05) is 25.1 Å². The number of hydrogen-bond donors (Lipinski definition) is 2. The highest BCUT2D eigenvalue weighted by Gasteiger charge is 2.04. The number of carbonyl (C=O) groups is 1.